The molecule has 1 saturated carbocycles. The lowest BCUT2D eigenvalue weighted by molar-refractivity contribution is -0.121. The number of likely N-dealkylation sites (tertiary alicyclic amines) is 1. The molecule has 7 heteroatoms. The summed E-state index contributed by atoms with van der Waals surface area (Å²) in [5.41, 5.74) is 1.39. The molecule has 27 heavy (non-hydrogen) atoms. The van der Waals surface area contributed by atoms with Gasteiger partial charge in [-0.3, -0.25) is 9.79 Å². The van der Waals surface area contributed by atoms with Crippen molar-refractivity contribution in [1.82, 2.24) is 15.5 Å². The molecule has 1 aromatic carbocycles. The number of nitrogens with zero attached hydrogens (tertiary/aromatic N) is 2. The summed E-state index contributed by atoms with van der Waals surface area (Å²) in [5.74, 6) is 2.26. The Morgan fingerprint density at radius 3 is 2.52 bits per heavy atom. The first-order valence-electron chi connectivity index (χ1n) is 9.62. The van der Waals surface area contributed by atoms with E-state index in [1.165, 1.54) is 5.56 Å². The molecule has 2 N–H and O–H groups in total. The van der Waals surface area contributed by atoms with Gasteiger partial charge in [0.25, 0.3) is 0 Å². The van der Waals surface area contributed by atoms with Gasteiger partial charge in [0.05, 0.1) is 0 Å². The number of rotatable bonds is 5. The smallest absolute Gasteiger partial charge is 0.220 e. The van der Waals surface area contributed by atoms with Crippen LogP contribution in [0.1, 0.15) is 44.1 Å². The molecule has 1 aromatic rings. The van der Waals surface area contributed by atoms with Crippen LogP contribution in [0.15, 0.2) is 33.7 Å². The highest BCUT2D eigenvalue weighted by Crippen LogP contribution is 2.41. The highest BCUT2D eigenvalue weighted by atomic mass is 127. The monoisotopic (exact) mass is 548 g/mol. The number of carbonyl (C=O) groups is 1. The van der Waals surface area contributed by atoms with Crippen LogP contribution in [-0.4, -0.2) is 49.5 Å². The fraction of sp³-hybridized carbons (Fsp3) is 0.600. The second-order valence-electron chi connectivity index (χ2n) is 7.25. The molecule has 0 aromatic heterocycles. The third-order valence-electron chi connectivity index (χ3n) is 5.38. The molecule has 0 bridgehead atoms. The molecular formula is C20H30BrIN4O. The molecule has 1 heterocycles. The van der Waals surface area contributed by atoms with Crippen molar-refractivity contribution in [2.45, 2.75) is 44.6 Å². The van der Waals surface area contributed by atoms with Crippen LogP contribution in [0.3, 0.4) is 0 Å². The van der Waals surface area contributed by atoms with Crippen LogP contribution in [-0.2, 0) is 4.79 Å². The molecule has 1 aliphatic carbocycles. The van der Waals surface area contributed by atoms with Crippen molar-refractivity contribution in [3.8, 4) is 0 Å². The molecule has 1 aliphatic heterocycles. The van der Waals surface area contributed by atoms with Crippen molar-refractivity contribution in [3.63, 3.8) is 0 Å². The number of hydrogen-bond acceptors (Lipinski definition) is 2. The summed E-state index contributed by atoms with van der Waals surface area (Å²) < 4.78 is 1.12. The molecular weight excluding hydrogens is 519 g/mol. The molecule has 2 aliphatic rings. The number of halogens is 2. The van der Waals surface area contributed by atoms with Gasteiger partial charge in [-0.1, -0.05) is 28.1 Å². The van der Waals surface area contributed by atoms with Crippen molar-refractivity contribution in [2.24, 2.45) is 10.9 Å². The van der Waals surface area contributed by atoms with E-state index in [9.17, 15) is 4.79 Å². The summed E-state index contributed by atoms with van der Waals surface area (Å²) in [6, 6.07) is 9.12. The first-order chi connectivity index (χ1) is 12.6. The van der Waals surface area contributed by atoms with E-state index in [2.05, 4.69) is 62.7 Å². The third kappa shape index (κ3) is 6.34. The van der Waals surface area contributed by atoms with Crippen LogP contribution < -0.4 is 10.6 Å². The second-order valence-corrected chi connectivity index (χ2v) is 8.17. The Hall–Kier alpha value is -0.830. The van der Waals surface area contributed by atoms with Gasteiger partial charge >= 0.3 is 0 Å². The topological polar surface area (TPSA) is 56.7 Å². The maximum atomic E-state index is 11.6. The van der Waals surface area contributed by atoms with Gasteiger partial charge in [-0.25, -0.2) is 0 Å². The predicted molar refractivity (Wildman–Crippen MR) is 125 cm³/mol. The summed E-state index contributed by atoms with van der Waals surface area (Å²) in [7, 11) is 1.71. The number of benzene rings is 1. The highest BCUT2D eigenvalue weighted by molar-refractivity contribution is 14.0. The van der Waals surface area contributed by atoms with E-state index in [4.69, 9.17) is 4.99 Å². The maximum Gasteiger partial charge on any atom is 0.220 e. The van der Waals surface area contributed by atoms with Gasteiger partial charge in [-0.2, -0.15) is 0 Å². The number of carbonyl (C=O) groups excluding carboxylic acids is 1. The quantitative estimate of drug-likeness (QED) is 0.335. The SMILES string of the molecule is CCN=C(NC1CC1c1ccc(Br)cc1)N1CCC(CC(=O)NC)CC1.I. The van der Waals surface area contributed by atoms with Gasteiger partial charge in [0.15, 0.2) is 5.96 Å². The van der Waals surface area contributed by atoms with Crippen molar-refractivity contribution >= 4 is 51.8 Å². The predicted octanol–water partition coefficient (Wildman–Crippen LogP) is 3.74. The minimum absolute atomic E-state index is 0. The van der Waals surface area contributed by atoms with Gasteiger partial charge in [0.1, 0.15) is 0 Å². The summed E-state index contributed by atoms with van der Waals surface area (Å²) >= 11 is 3.50. The van der Waals surface area contributed by atoms with E-state index in [1.807, 2.05) is 0 Å². The summed E-state index contributed by atoms with van der Waals surface area (Å²) in [6.45, 7) is 4.82. The van der Waals surface area contributed by atoms with Gasteiger partial charge in [-0.05, 0) is 49.8 Å². The first-order valence-corrected chi connectivity index (χ1v) is 10.4. The number of amides is 1. The lowest BCUT2D eigenvalue weighted by Gasteiger charge is -2.34. The van der Waals surface area contributed by atoms with Crippen LogP contribution in [0.4, 0.5) is 0 Å². The largest absolute Gasteiger partial charge is 0.359 e. The van der Waals surface area contributed by atoms with Crippen molar-refractivity contribution in [1.29, 1.82) is 0 Å². The molecule has 0 spiro atoms. The third-order valence-corrected chi connectivity index (χ3v) is 5.91. The Balaban J connectivity index is 0.00000261. The molecule has 1 amide bonds. The molecule has 3 rings (SSSR count). The Kier molecular flexibility index (Phi) is 8.85. The normalized spacial score (nSPS) is 22.8. The zero-order valence-electron chi connectivity index (χ0n) is 16.1. The summed E-state index contributed by atoms with van der Waals surface area (Å²) in [6.07, 6.45) is 3.92. The van der Waals surface area contributed by atoms with Gasteiger partial charge < -0.3 is 15.5 Å². The number of guanidine groups is 1. The molecule has 5 nitrogen and oxygen atoms in total. The van der Waals surface area contributed by atoms with E-state index in [1.54, 1.807) is 7.05 Å². The Labute approximate surface area is 187 Å². The maximum absolute atomic E-state index is 11.6. The molecule has 2 atom stereocenters. The Morgan fingerprint density at radius 1 is 1.26 bits per heavy atom. The first kappa shape index (κ1) is 22.5. The number of piperidine rings is 1. The molecule has 2 unspecified atom stereocenters. The van der Waals surface area contributed by atoms with Crippen molar-refractivity contribution in [3.05, 3.63) is 34.3 Å². The molecule has 1 saturated heterocycles. The molecule has 0 radical (unpaired) electrons. The Morgan fingerprint density at radius 2 is 1.93 bits per heavy atom. The van der Waals surface area contributed by atoms with Gasteiger partial charge in [0.2, 0.25) is 5.91 Å². The number of nitrogens with one attached hydrogen (secondary N) is 2. The summed E-state index contributed by atoms with van der Waals surface area (Å²) in [5, 5.41) is 6.41. The van der Waals surface area contributed by atoms with Crippen LogP contribution in [0.25, 0.3) is 0 Å². The van der Waals surface area contributed by atoms with Gasteiger partial charge in [0, 0.05) is 49.5 Å². The zero-order valence-corrected chi connectivity index (χ0v) is 20.0. The minimum atomic E-state index is 0. The van der Waals surface area contributed by atoms with Crippen molar-refractivity contribution in [2.75, 3.05) is 26.7 Å². The van der Waals surface area contributed by atoms with Crippen LogP contribution in [0, 0.1) is 5.92 Å². The number of hydrogen-bond donors (Lipinski definition) is 2. The fourth-order valence-electron chi connectivity index (χ4n) is 3.70. The average molecular weight is 549 g/mol. The second kappa shape index (κ2) is 10.6. The van der Waals surface area contributed by atoms with E-state index >= 15 is 0 Å². The summed E-state index contributed by atoms with van der Waals surface area (Å²) in [4.78, 5) is 18.7. The Bertz CT molecular complexity index is 644. The molecule has 150 valence electrons. The van der Waals surface area contributed by atoms with Crippen LogP contribution in [0.2, 0.25) is 0 Å². The fourth-order valence-corrected chi connectivity index (χ4v) is 3.96. The van der Waals surface area contributed by atoms with Crippen molar-refractivity contribution < 1.29 is 4.79 Å². The average Bonchev–Trinajstić information content (AvgIpc) is 3.42. The molecule has 2 fully saturated rings. The standard InChI is InChI=1S/C20H29BrN4O.HI/c1-3-23-20(25-10-8-14(9-11-25)12-19(26)22-2)24-18-13-17(18)15-4-6-16(21)7-5-15;/h4-7,14,17-18H,3,8-13H2,1-2H3,(H,22,26)(H,23,24);1H. The van der Waals surface area contributed by atoms with E-state index in [-0.39, 0.29) is 29.9 Å². The number of aliphatic imine (C=N–C) groups is 1. The van der Waals surface area contributed by atoms with E-state index in [0.717, 1.165) is 49.3 Å². The van der Waals surface area contributed by atoms with Gasteiger partial charge in [-0.15, -0.1) is 24.0 Å². The zero-order chi connectivity index (χ0) is 18.5. The van der Waals surface area contributed by atoms with Crippen LogP contribution in [0.5, 0.6) is 0 Å². The van der Waals surface area contributed by atoms with E-state index < -0.39 is 0 Å². The lowest BCUT2D eigenvalue weighted by Crippen LogP contribution is -2.47. The minimum Gasteiger partial charge on any atom is -0.359 e. The van der Waals surface area contributed by atoms with E-state index in [0.29, 0.717) is 24.3 Å². The lowest BCUT2D eigenvalue weighted by atomic mass is 9.93. The highest BCUT2D eigenvalue weighted by Gasteiger charge is 2.39. The van der Waals surface area contributed by atoms with Crippen LogP contribution >= 0.6 is 39.9 Å².